The number of carbonyl (C=O) groups is 1. The molecular formula is C18H23N3O5. The van der Waals surface area contributed by atoms with Gasteiger partial charge in [0.2, 0.25) is 0 Å². The molecule has 2 aromatic rings. The molecule has 0 bridgehead atoms. The van der Waals surface area contributed by atoms with E-state index in [-0.39, 0.29) is 46.4 Å². The van der Waals surface area contributed by atoms with E-state index in [2.05, 4.69) is 10.6 Å². The number of aromatic hydroxyl groups is 1. The van der Waals surface area contributed by atoms with Gasteiger partial charge >= 0.3 is 0 Å². The van der Waals surface area contributed by atoms with Crippen LogP contribution in [-0.4, -0.2) is 49.3 Å². The summed E-state index contributed by atoms with van der Waals surface area (Å²) in [6.07, 6.45) is -0.179. The van der Waals surface area contributed by atoms with Gasteiger partial charge in [0, 0.05) is 27.2 Å². The Morgan fingerprint density at radius 1 is 1.15 bits per heavy atom. The first-order valence-electron chi connectivity index (χ1n) is 8.12. The molecule has 26 heavy (non-hydrogen) atoms. The van der Waals surface area contributed by atoms with Crippen LogP contribution in [0.25, 0.3) is 0 Å². The third-order valence-electron chi connectivity index (χ3n) is 4.29. The van der Waals surface area contributed by atoms with Crippen molar-refractivity contribution in [3.63, 3.8) is 0 Å². The minimum atomic E-state index is -0.687. The van der Waals surface area contributed by atoms with Crippen LogP contribution >= 0.6 is 0 Å². The number of hydrogen-bond acceptors (Lipinski definition) is 7. The number of anilines is 3. The Bertz CT molecular complexity index is 884. The molecule has 0 aliphatic heterocycles. The number of ether oxygens (including phenoxy) is 1. The molecule has 0 radical (unpaired) electrons. The molecule has 8 nitrogen and oxygen atoms in total. The Hall–Kier alpha value is -2.87. The molecule has 1 amide bonds. The highest BCUT2D eigenvalue weighted by Crippen LogP contribution is 2.32. The summed E-state index contributed by atoms with van der Waals surface area (Å²) in [5, 5.41) is 16.1. The number of rotatable bonds is 7. The fourth-order valence-corrected chi connectivity index (χ4v) is 2.39. The maximum atomic E-state index is 12.1. The molecule has 8 heteroatoms. The van der Waals surface area contributed by atoms with Crippen LogP contribution in [-0.2, 0) is 4.74 Å². The van der Waals surface area contributed by atoms with E-state index in [1.165, 1.54) is 17.0 Å². The average molecular weight is 361 g/mol. The van der Waals surface area contributed by atoms with E-state index >= 15 is 0 Å². The van der Waals surface area contributed by atoms with Crippen molar-refractivity contribution in [2.45, 2.75) is 26.0 Å². The summed E-state index contributed by atoms with van der Waals surface area (Å²) in [5.74, 6) is -0.666. The standard InChI is InChI=1S/C18H23N3O5/c1-9(10(2)26-5)19-13-14(17(24)16(13)23)20-12-8-6-7-11(15(12)22)18(25)21(3)4/h6-10,19-20,22H,1-5H3/t9-,10+/m1/s1. The normalized spacial score (nSPS) is 13.3. The molecule has 0 heterocycles. The predicted octanol–water partition coefficient (Wildman–Crippen LogP) is 1.27. The van der Waals surface area contributed by atoms with Gasteiger partial charge in [-0.2, -0.15) is 0 Å². The van der Waals surface area contributed by atoms with Crippen LogP contribution in [0.2, 0.25) is 0 Å². The molecule has 0 aliphatic carbocycles. The summed E-state index contributed by atoms with van der Waals surface area (Å²) in [7, 11) is 4.69. The minimum absolute atomic E-state index is 0.0508. The highest BCUT2D eigenvalue weighted by molar-refractivity contribution is 5.99. The van der Waals surface area contributed by atoms with Crippen LogP contribution < -0.4 is 21.5 Å². The van der Waals surface area contributed by atoms with Crippen LogP contribution in [0.5, 0.6) is 5.75 Å². The van der Waals surface area contributed by atoms with Gasteiger partial charge in [0.05, 0.1) is 17.4 Å². The quantitative estimate of drug-likeness (QED) is 0.503. The minimum Gasteiger partial charge on any atom is -0.505 e. The fraction of sp³-hybridized carbons (Fsp3) is 0.389. The summed E-state index contributed by atoms with van der Waals surface area (Å²) >= 11 is 0. The third kappa shape index (κ3) is 3.55. The molecule has 2 atom stereocenters. The van der Waals surface area contributed by atoms with E-state index in [1.54, 1.807) is 27.3 Å². The van der Waals surface area contributed by atoms with Crippen molar-refractivity contribution in [2.75, 3.05) is 31.8 Å². The Morgan fingerprint density at radius 2 is 1.77 bits per heavy atom. The summed E-state index contributed by atoms with van der Waals surface area (Å²) in [6.45, 7) is 3.65. The van der Waals surface area contributed by atoms with Gasteiger partial charge < -0.3 is 25.4 Å². The first kappa shape index (κ1) is 19.5. The molecule has 2 aromatic carbocycles. The summed E-state index contributed by atoms with van der Waals surface area (Å²) in [5.41, 5.74) is -0.879. The molecule has 0 saturated heterocycles. The van der Waals surface area contributed by atoms with E-state index in [0.717, 1.165) is 0 Å². The summed E-state index contributed by atoms with van der Waals surface area (Å²) in [4.78, 5) is 37.3. The highest BCUT2D eigenvalue weighted by atomic mass is 16.5. The van der Waals surface area contributed by atoms with Gasteiger partial charge in [-0.3, -0.25) is 14.4 Å². The number of para-hydroxylation sites is 1. The molecule has 3 N–H and O–H groups in total. The molecule has 140 valence electrons. The smallest absolute Gasteiger partial charge is 0.257 e. The molecule has 0 spiro atoms. The second-order valence-corrected chi connectivity index (χ2v) is 6.31. The number of amides is 1. The van der Waals surface area contributed by atoms with Crippen LogP contribution in [0.3, 0.4) is 0 Å². The van der Waals surface area contributed by atoms with Crippen molar-refractivity contribution < 1.29 is 14.6 Å². The number of phenols is 1. The number of methoxy groups -OCH3 is 1. The van der Waals surface area contributed by atoms with Crippen LogP contribution in [0.4, 0.5) is 17.1 Å². The van der Waals surface area contributed by atoms with Gasteiger partial charge in [0.15, 0.2) is 5.75 Å². The van der Waals surface area contributed by atoms with Crippen LogP contribution in [0.1, 0.15) is 24.2 Å². The fourth-order valence-electron chi connectivity index (χ4n) is 2.39. The molecule has 0 unspecified atom stereocenters. The van der Waals surface area contributed by atoms with Gasteiger partial charge in [0.25, 0.3) is 16.8 Å². The van der Waals surface area contributed by atoms with Gasteiger partial charge in [-0.05, 0) is 26.0 Å². The van der Waals surface area contributed by atoms with Crippen LogP contribution in [0.15, 0.2) is 27.8 Å². The van der Waals surface area contributed by atoms with Crippen molar-refractivity contribution in [1.29, 1.82) is 0 Å². The van der Waals surface area contributed by atoms with Gasteiger partial charge in [-0.15, -0.1) is 0 Å². The second-order valence-electron chi connectivity index (χ2n) is 6.31. The SMILES string of the molecule is CO[C@@H](C)[C@@H](C)Nc1c(Nc2cccc(C(=O)N(C)C)c2O)c(=O)c1=O. The molecular weight excluding hydrogens is 338 g/mol. The lowest BCUT2D eigenvalue weighted by Gasteiger charge is -2.23. The Balaban J connectivity index is 2.32. The van der Waals surface area contributed by atoms with Gasteiger partial charge in [0.1, 0.15) is 11.4 Å². The topological polar surface area (TPSA) is 108 Å². The van der Waals surface area contributed by atoms with Crippen molar-refractivity contribution in [3.05, 3.63) is 44.2 Å². The number of nitrogens with one attached hydrogen (secondary N) is 2. The first-order valence-corrected chi connectivity index (χ1v) is 8.12. The van der Waals surface area contributed by atoms with Crippen LogP contribution in [0, 0.1) is 0 Å². The lowest BCUT2D eigenvalue weighted by atomic mass is 10.1. The van der Waals surface area contributed by atoms with Crippen molar-refractivity contribution in [1.82, 2.24) is 4.90 Å². The van der Waals surface area contributed by atoms with E-state index in [9.17, 15) is 19.5 Å². The predicted molar refractivity (Wildman–Crippen MR) is 100 cm³/mol. The lowest BCUT2D eigenvalue weighted by molar-refractivity contribution is 0.0824. The van der Waals surface area contributed by atoms with Crippen molar-refractivity contribution >= 4 is 23.0 Å². The number of nitrogens with zero attached hydrogens (tertiary/aromatic N) is 1. The Morgan fingerprint density at radius 3 is 2.35 bits per heavy atom. The summed E-state index contributed by atoms with van der Waals surface area (Å²) in [6, 6.07) is 4.36. The molecule has 0 aromatic heterocycles. The zero-order valence-corrected chi connectivity index (χ0v) is 15.4. The number of carbonyl (C=O) groups excluding carboxylic acids is 1. The first-order chi connectivity index (χ1) is 12.2. The van der Waals surface area contributed by atoms with E-state index in [0.29, 0.717) is 0 Å². The monoisotopic (exact) mass is 361 g/mol. The van der Waals surface area contributed by atoms with Crippen molar-refractivity contribution in [3.8, 4) is 5.75 Å². The van der Waals surface area contributed by atoms with Gasteiger partial charge in [-0.1, -0.05) is 6.07 Å². The largest absolute Gasteiger partial charge is 0.505 e. The zero-order valence-electron chi connectivity index (χ0n) is 15.4. The van der Waals surface area contributed by atoms with E-state index < -0.39 is 10.9 Å². The Labute approximate surface area is 151 Å². The number of hydrogen-bond donors (Lipinski definition) is 3. The number of phenolic OH excluding ortho intramolecular Hbond substituents is 1. The third-order valence-corrected chi connectivity index (χ3v) is 4.29. The maximum Gasteiger partial charge on any atom is 0.257 e. The molecule has 0 aliphatic rings. The van der Waals surface area contributed by atoms with Crippen molar-refractivity contribution in [2.24, 2.45) is 0 Å². The maximum absolute atomic E-state index is 12.1. The summed E-state index contributed by atoms with van der Waals surface area (Å²) < 4.78 is 5.20. The molecule has 2 rings (SSSR count). The van der Waals surface area contributed by atoms with Gasteiger partial charge in [-0.25, -0.2) is 0 Å². The Kier molecular flexibility index (Phi) is 5.66. The zero-order chi connectivity index (χ0) is 19.6. The lowest BCUT2D eigenvalue weighted by Crippen LogP contribution is -2.41. The van der Waals surface area contributed by atoms with E-state index in [1.807, 2.05) is 13.8 Å². The molecule has 0 fully saturated rings. The second kappa shape index (κ2) is 7.57. The molecule has 0 saturated carbocycles. The van der Waals surface area contributed by atoms with E-state index in [4.69, 9.17) is 4.74 Å². The average Bonchev–Trinajstić information content (AvgIpc) is 2.63. The highest BCUT2D eigenvalue weighted by Gasteiger charge is 2.25. The number of benzene rings is 1.